The van der Waals surface area contributed by atoms with E-state index in [0.717, 1.165) is 0 Å². The molecule has 1 fully saturated rings. The van der Waals surface area contributed by atoms with Gasteiger partial charge in [0.05, 0.1) is 28.8 Å². The molecule has 1 aliphatic heterocycles. The van der Waals surface area contributed by atoms with Crippen molar-refractivity contribution in [2.45, 2.75) is 0 Å². The van der Waals surface area contributed by atoms with Crippen LogP contribution in [0.15, 0.2) is 36.4 Å². The Bertz CT molecular complexity index is 854. The molecule has 136 valence electrons. The molecule has 0 spiro atoms. The van der Waals surface area contributed by atoms with Gasteiger partial charge in [-0.3, -0.25) is 14.9 Å². The summed E-state index contributed by atoms with van der Waals surface area (Å²) in [4.78, 5) is 25.3. The quantitative estimate of drug-likeness (QED) is 0.624. The number of hydrogen-bond acceptors (Lipinski definition) is 5. The molecule has 3 rings (SSSR count). The minimum absolute atomic E-state index is 0.123. The van der Waals surface area contributed by atoms with E-state index in [1.165, 1.54) is 12.1 Å². The van der Waals surface area contributed by atoms with E-state index in [9.17, 15) is 14.9 Å². The SMILES string of the molecule is O=C(Nc1ccc(Cl)cc1Cl)c1ccc(N2CCOCC2)c([N+](=O)[O-])c1. The second kappa shape index (κ2) is 7.90. The van der Waals surface area contributed by atoms with Crippen LogP contribution in [0.5, 0.6) is 0 Å². The van der Waals surface area contributed by atoms with Crippen LogP contribution in [0.25, 0.3) is 0 Å². The van der Waals surface area contributed by atoms with Crippen LogP contribution in [-0.2, 0) is 4.74 Å². The Morgan fingerprint density at radius 2 is 1.88 bits per heavy atom. The molecule has 0 radical (unpaired) electrons. The van der Waals surface area contributed by atoms with Crippen LogP contribution in [0.4, 0.5) is 17.1 Å². The molecule has 0 aromatic heterocycles. The monoisotopic (exact) mass is 395 g/mol. The van der Waals surface area contributed by atoms with Gasteiger partial charge in [0, 0.05) is 29.7 Å². The minimum atomic E-state index is -0.495. The summed E-state index contributed by atoms with van der Waals surface area (Å²) in [7, 11) is 0. The molecule has 26 heavy (non-hydrogen) atoms. The highest BCUT2D eigenvalue weighted by molar-refractivity contribution is 6.36. The van der Waals surface area contributed by atoms with Crippen LogP contribution in [0.2, 0.25) is 10.0 Å². The summed E-state index contributed by atoms with van der Waals surface area (Å²) in [6.07, 6.45) is 0. The van der Waals surface area contributed by atoms with Gasteiger partial charge in [0.1, 0.15) is 5.69 Å². The Hall–Kier alpha value is -2.35. The third-order valence-corrected chi connectivity index (χ3v) is 4.51. The first kappa shape index (κ1) is 18.4. The van der Waals surface area contributed by atoms with Gasteiger partial charge in [-0.1, -0.05) is 23.2 Å². The van der Waals surface area contributed by atoms with Crippen molar-refractivity contribution in [3.63, 3.8) is 0 Å². The van der Waals surface area contributed by atoms with E-state index in [4.69, 9.17) is 27.9 Å². The molecule has 0 unspecified atom stereocenters. The van der Waals surface area contributed by atoms with Gasteiger partial charge in [0.15, 0.2) is 0 Å². The molecule has 1 heterocycles. The van der Waals surface area contributed by atoms with Crippen LogP contribution < -0.4 is 10.2 Å². The molecule has 2 aromatic carbocycles. The van der Waals surface area contributed by atoms with Crippen LogP contribution in [0.3, 0.4) is 0 Å². The molecule has 0 aliphatic carbocycles. The fourth-order valence-corrected chi connectivity index (χ4v) is 3.12. The third kappa shape index (κ3) is 4.07. The van der Waals surface area contributed by atoms with Crippen molar-refractivity contribution in [1.82, 2.24) is 0 Å². The Labute approximate surface area is 159 Å². The maximum Gasteiger partial charge on any atom is 0.293 e. The van der Waals surface area contributed by atoms with E-state index < -0.39 is 10.8 Å². The molecule has 7 nitrogen and oxygen atoms in total. The summed E-state index contributed by atoms with van der Waals surface area (Å²) in [5.74, 6) is -0.495. The Morgan fingerprint density at radius 1 is 1.15 bits per heavy atom. The normalized spacial score (nSPS) is 14.2. The standard InChI is InChI=1S/C17H15Cl2N3O4/c18-12-2-3-14(13(19)10-12)20-17(23)11-1-4-15(16(9-11)22(24)25)21-5-7-26-8-6-21/h1-4,9-10H,5-8H2,(H,20,23). The van der Waals surface area contributed by atoms with Crippen molar-refractivity contribution in [3.05, 3.63) is 62.1 Å². The number of anilines is 2. The molecule has 0 bridgehead atoms. The zero-order valence-corrected chi connectivity index (χ0v) is 15.1. The molecular weight excluding hydrogens is 381 g/mol. The van der Waals surface area contributed by atoms with Crippen LogP contribution in [-0.4, -0.2) is 37.1 Å². The predicted molar refractivity (Wildman–Crippen MR) is 101 cm³/mol. The number of carbonyl (C=O) groups excluding carboxylic acids is 1. The largest absolute Gasteiger partial charge is 0.378 e. The fraction of sp³-hybridized carbons (Fsp3) is 0.235. The lowest BCUT2D eigenvalue weighted by Gasteiger charge is -2.28. The molecule has 0 atom stereocenters. The van der Waals surface area contributed by atoms with Gasteiger partial charge in [-0.15, -0.1) is 0 Å². The van der Waals surface area contributed by atoms with Gasteiger partial charge < -0.3 is 15.0 Å². The number of carbonyl (C=O) groups is 1. The first-order valence-electron chi connectivity index (χ1n) is 7.83. The first-order valence-corrected chi connectivity index (χ1v) is 8.59. The summed E-state index contributed by atoms with van der Waals surface area (Å²) in [5, 5.41) is 14.8. The molecule has 1 N–H and O–H groups in total. The smallest absolute Gasteiger partial charge is 0.293 e. The molecule has 2 aromatic rings. The van der Waals surface area contributed by atoms with Gasteiger partial charge >= 0.3 is 0 Å². The van der Waals surface area contributed by atoms with Gasteiger partial charge in [-0.25, -0.2) is 0 Å². The van der Waals surface area contributed by atoms with Crippen LogP contribution >= 0.6 is 23.2 Å². The molecule has 9 heteroatoms. The van der Waals surface area contributed by atoms with E-state index in [2.05, 4.69) is 5.32 Å². The van der Waals surface area contributed by atoms with Crippen molar-refractivity contribution in [3.8, 4) is 0 Å². The second-order valence-corrected chi connectivity index (χ2v) is 6.48. The predicted octanol–water partition coefficient (Wildman–Crippen LogP) is 3.99. The zero-order chi connectivity index (χ0) is 18.7. The maximum atomic E-state index is 12.5. The molecule has 1 amide bonds. The molecular formula is C17H15Cl2N3O4. The number of nitro benzene ring substituents is 1. The Morgan fingerprint density at radius 3 is 2.54 bits per heavy atom. The maximum absolute atomic E-state index is 12.5. The van der Waals surface area contributed by atoms with E-state index in [-0.39, 0.29) is 16.3 Å². The van der Waals surface area contributed by atoms with Crippen molar-refractivity contribution in [1.29, 1.82) is 0 Å². The Kier molecular flexibility index (Phi) is 5.61. The Balaban J connectivity index is 1.86. The fourth-order valence-electron chi connectivity index (χ4n) is 2.67. The number of rotatable bonds is 4. The molecule has 1 aliphatic rings. The highest BCUT2D eigenvalue weighted by Crippen LogP contribution is 2.31. The minimum Gasteiger partial charge on any atom is -0.378 e. The van der Waals surface area contributed by atoms with Crippen molar-refractivity contribution in [2.75, 3.05) is 36.5 Å². The number of morpholine rings is 1. The lowest BCUT2D eigenvalue weighted by atomic mass is 10.1. The number of nitrogens with zero attached hydrogens (tertiary/aromatic N) is 2. The van der Waals surface area contributed by atoms with Crippen LogP contribution in [0, 0.1) is 10.1 Å². The number of hydrogen-bond donors (Lipinski definition) is 1. The van der Waals surface area contributed by atoms with Gasteiger partial charge in [0.2, 0.25) is 0 Å². The van der Waals surface area contributed by atoms with E-state index in [1.807, 2.05) is 4.90 Å². The van der Waals surface area contributed by atoms with Crippen LogP contribution in [0.1, 0.15) is 10.4 Å². The lowest BCUT2D eigenvalue weighted by Crippen LogP contribution is -2.36. The van der Waals surface area contributed by atoms with E-state index >= 15 is 0 Å². The van der Waals surface area contributed by atoms with Crippen molar-refractivity contribution >= 4 is 46.2 Å². The number of amides is 1. The third-order valence-electron chi connectivity index (χ3n) is 3.97. The van der Waals surface area contributed by atoms with Gasteiger partial charge in [0.25, 0.3) is 11.6 Å². The van der Waals surface area contributed by atoms with Crippen molar-refractivity contribution < 1.29 is 14.5 Å². The molecule has 1 saturated heterocycles. The topological polar surface area (TPSA) is 84.7 Å². The summed E-state index contributed by atoms with van der Waals surface area (Å²) >= 11 is 11.9. The van der Waals surface area contributed by atoms with Gasteiger partial charge in [-0.2, -0.15) is 0 Å². The summed E-state index contributed by atoms with van der Waals surface area (Å²) in [5.41, 5.74) is 0.891. The summed E-state index contributed by atoms with van der Waals surface area (Å²) in [6.45, 7) is 2.14. The highest BCUT2D eigenvalue weighted by atomic mass is 35.5. The van der Waals surface area contributed by atoms with Gasteiger partial charge in [-0.05, 0) is 30.3 Å². The van der Waals surface area contributed by atoms with E-state index in [0.29, 0.717) is 42.7 Å². The van der Waals surface area contributed by atoms with E-state index in [1.54, 1.807) is 24.3 Å². The average Bonchev–Trinajstić information content (AvgIpc) is 2.64. The number of halogens is 2. The zero-order valence-electron chi connectivity index (χ0n) is 13.6. The second-order valence-electron chi connectivity index (χ2n) is 5.64. The highest BCUT2D eigenvalue weighted by Gasteiger charge is 2.23. The van der Waals surface area contributed by atoms with Crippen molar-refractivity contribution in [2.24, 2.45) is 0 Å². The number of ether oxygens (including phenoxy) is 1. The number of nitro groups is 1. The molecule has 0 saturated carbocycles. The number of nitrogens with one attached hydrogen (secondary N) is 1. The lowest BCUT2D eigenvalue weighted by molar-refractivity contribution is -0.384. The summed E-state index contributed by atoms with van der Waals surface area (Å²) < 4.78 is 5.27. The first-order chi connectivity index (χ1) is 12.5. The number of benzene rings is 2. The summed E-state index contributed by atoms with van der Waals surface area (Å²) in [6, 6.07) is 9.07. The average molecular weight is 396 g/mol.